The highest BCUT2D eigenvalue weighted by Gasteiger charge is 2.34. The molecule has 1 unspecified atom stereocenters. The number of aryl methyl sites for hydroxylation is 1. The number of likely N-dealkylation sites (N-methyl/N-ethyl adjacent to an activating group) is 1. The molecule has 0 bridgehead atoms. The van der Waals surface area contributed by atoms with E-state index >= 15 is 8.78 Å². The average Bonchev–Trinajstić information content (AvgIpc) is 2.86. The monoisotopic (exact) mass is 475 g/mol. The number of nitrogens with zero attached hydrogens (tertiary/aromatic N) is 1. The summed E-state index contributed by atoms with van der Waals surface area (Å²) in [5.41, 5.74) is 0.891. The van der Waals surface area contributed by atoms with Crippen LogP contribution in [0.25, 0.3) is 10.8 Å². The Morgan fingerprint density at radius 2 is 1.51 bits per heavy atom. The summed E-state index contributed by atoms with van der Waals surface area (Å²) in [6.07, 6.45) is 0.703. The lowest BCUT2D eigenvalue weighted by Crippen LogP contribution is -2.40. The van der Waals surface area contributed by atoms with Crippen molar-refractivity contribution in [1.29, 1.82) is 0 Å². The Morgan fingerprint density at radius 1 is 0.886 bits per heavy atom. The van der Waals surface area contributed by atoms with Crippen molar-refractivity contribution in [2.75, 3.05) is 13.6 Å². The Kier molecular flexibility index (Phi) is 7.42. The maximum absolute atomic E-state index is 15.3. The molecule has 0 amide bonds. The smallest absolute Gasteiger partial charge is 0.317 e. The molecular weight excluding hydrogens is 448 g/mol. The summed E-state index contributed by atoms with van der Waals surface area (Å²) in [6, 6.07) is 27.6. The Balaban J connectivity index is 1.50. The second-order valence-corrected chi connectivity index (χ2v) is 8.57. The molecule has 6 heteroatoms. The number of halogens is 2. The molecule has 4 nitrogen and oxygen atoms in total. The summed E-state index contributed by atoms with van der Waals surface area (Å²) < 4.78 is 36.6. The summed E-state index contributed by atoms with van der Waals surface area (Å²) >= 11 is 0. The van der Waals surface area contributed by atoms with E-state index in [2.05, 4.69) is 0 Å². The number of benzene rings is 4. The number of ether oxygens (including phenoxy) is 1. The molecule has 0 heterocycles. The molecule has 4 aromatic carbocycles. The zero-order chi connectivity index (χ0) is 24.8. The van der Waals surface area contributed by atoms with Crippen LogP contribution in [0.15, 0.2) is 97.1 Å². The van der Waals surface area contributed by atoms with Crippen molar-refractivity contribution in [3.05, 3.63) is 114 Å². The number of hydrogen-bond acceptors (Lipinski definition) is 3. The molecule has 0 aliphatic rings. The van der Waals surface area contributed by atoms with Gasteiger partial charge in [-0.1, -0.05) is 66.7 Å². The Labute approximate surface area is 203 Å². The molecule has 180 valence electrons. The average molecular weight is 476 g/mol. The normalized spacial score (nSPS) is 12.6. The van der Waals surface area contributed by atoms with Crippen molar-refractivity contribution in [3.8, 4) is 5.75 Å². The number of carbonyl (C=O) groups is 1. The van der Waals surface area contributed by atoms with Crippen LogP contribution in [0, 0.1) is 0 Å². The molecule has 0 saturated carbocycles. The zero-order valence-electron chi connectivity index (χ0n) is 19.4. The maximum Gasteiger partial charge on any atom is 0.317 e. The van der Waals surface area contributed by atoms with Crippen LogP contribution < -0.4 is 4.74 Å². The first-order valence-corrected chi connectivity index (χ1v) is 11.4. The fraction of sp³-hybridized carbons (Fsp3) is 0.207. The molecule has 4 rings (SSSR count). The third-order valence-corrected chi connectivity index (χ3v) is 6.00. The summed E-state index contributed by atoms with van der Waals surface area (Å²) in [5, 5.41) is 10.9. The fourth-order valence-corrected chi connectivity index (χ4v) is 4.07. The van der Waals surface area contributed by atoms with Crippen LogP contribution in [-0.4, -0.2) is 35.8 Å². The van der Waals surface area contributed by atoms with Crippen LogP contribution in [0.2, 0.25) is 0 Å². The molecule has 0 aromatic heterocycles. The maximum atomic E-state index is 15.3. The molecule has 0 aliphatic heterocycles. The third-order valence-electron chi connectivity index (χ3n) is 6.00. The van der Waals surface area contributed by atoms with Gasteiger partial charge in [0.05, 0.1) is 6.54 Å². The predicted octanol–water partition coefficient (Wildman–Crippen LogP) is 6.33. The van der Waals surface area contributed by atoms with E-state index in [4.69, 9.17) is 4.74 Å². The second-order valence-electron chi connectivity index (χ2n) is 8.57. The van der Waals surface area contributed by atoms with Gasteiger partial charge in [0.1, 0.15) is 5.75 Å². The van der Waals surface area contributed by atoms with Crippen LogP contribution in [0.3, 0.4) is 0 Å². The van der Waals surface area contributed by atoms with Crippen LogP contribution in [-0.2, 0) is 17.1 Å². The minimum atomic E-state index is -3.17. The van der Waals surface area contributed by atoms with E-state index in [9.17, 15) is 9.90 Å². The van der Waals surface area contributed by atoms with Gasteiger partial charge in [-0.25, -0.2) is 0 Å². The molecule has 0 fully saturated rings. The number of alkyl halides is 2. The molecule has 0 saturated heterocycles. The lowest BCUT2D eigenvalue weighted by atomic mass is 9.97. The molecule has 0 radical (unpaired) electrons. The van der Waals surface area contributed by atoms with Gasteiger partial charge < -0.3 is 9.84 Å². The van der Waals surface area contributed by atoms with Crippen LogP contribution in [0.1, 0.15) is 23.1 Å². The molecule has 35 heavy (non-hydrogen) atoms. The minimum absolute atomic E-state index is 0.0770. The topological polar surface area (TPSA) is 49.8 Å². The minimum Gasteiger partial charge on any atom is -0.480 e. The van der Waals surface area contributed by atoms with Gasteiger partial charge in [0.15, 0.2) is 6.23 Å². The fourth-order valence-electron chi connectivity index (χ4n) is 4.07. The number of carboxylic acids is 1. The van der Waals surface area contributed by atoms with E-state index in [1.165, 1.54) is 36.4 Å². The number of aliphatic carboxylic acids is 1. The number of hydrogen-bond donors (Lipinski definition) is 1. The van der Waals surface area contributed by atoms with E-state index in [1.54, 1.807) is 18.0 Å². The summed E-state index contributed by atoms with van der Waals surface area (Å²) in [7, 11) is 1.67. The first-order chi connectivity index (χ1) is 16.8. The van der Waals surface area contributed by atoms with E-state index in [-0.39, 0.29) is 17.7 Å². The largest absolute Gasteiger partial charge is 0.480 e. The summed E-state index contributed by atoms with van der Waals surface area (Å²) in [4.78, 5) is 12.8. The molecule has 0 aliphatic carbocycles. The SMILES string of the molecule is CN(CC(=O)O)C(CCc1ccccc1)Oc1ccc(C(F)(F)c2ccc3ccccc3c2)cc1. The van der Waals surface area contributed by atoms with Crippen molar-refractivity contribution in [2.24, 2.45) is 0 Å². The van der Waals surface area contributed by atoms with Crippen LogP contribution in [0.5, 0.6) is 5.75 Å². The molecule has 4 aromatic rings. The lowest BCUT2D eigenvalue weighted by Gasteiger charge is -2.28. The first kappa shape index (κ1) is 24.4. The van der Waals surface area contributed by atoms with Crippen LogP contribution >= 0.6 is 0 Å². The van der Waals surface area contributed by atoms with Gasteiger partial charge in [-0.2, -0.15) is 8.78 Å². The van der Waals surface area contributed by atoms with E-state index in [1.807, 2.05) is 54.6 Å². The summed E-state index contributed by atoms with van der Waals surface area (Å²) in [6.45, 7) is -0.197. The van der Waals surface area contributed by atoms with Gasteiger partial charge >= 0.3 is 5.97 Å². The Hall–Kier alpha value is -3.77. The molecule has 1 N–H and O–H groups in total. The van der Waals surface area contributed by atoms with Gasteiger partial charge in [-0.05, 0) is 60.1 Å². The van der Waals surface area contributed by atoms with Crippen LogP contribution in [0.4, 0.5) is 8.78 Å². The van der Waals surface area contributed by atoms with Crippen molar-refractivity contribution >= 4 is 16.7 Å². The second kappa shape index (κ2) is 10.7. The number of rotatable bonds is 10. The van der Waals surface area contributed by atoms with Gasteiger partial charge in [0.2, 0.25) is 0 Å². The quantitative estimate of drug-likeness (QED) is 0.272. The van der Waals surface area contributed by atoms with E-state index in [0.717, 1.165) is 16.3 Å². The highest BCUT2D eigenvalue weighted by molar-refractivity contribution is 5.83. The zero-order valence-corrected chi connectivity index (χ0v) is 19.4. The van der Waals surface area contributed by atoms with Gasteiger partial charge in [-0.3, -0.25) is 9.69 Å². The number of fused-ring (bicyclic) bond motifs is 1. The van der Waals surface area contributed by atoms with Crippen molar-refractivity contribution in [2.45, 2.75) is 25.0 Å². The van der Waals surface area contributed by atoms with Gasteiger partial charge in [0.25, 0.3) is 5.92 Å². The standard InChI is InChI=1S/C29H27F2NO3/c1-32(20-28(33)34)27(18-11-21-7-3-2-4-8-21)35-26-16-14-24(15-17-26)29(30,31)25-13-12-22-9-5-6-10-23(22)19-25/h2-10,12-17,19,27H,11,18,20H2,1H3,(H,33,34). The third kappa shape index (κ3) is 6.03. The highest BCUT2D eigenvalue weighted by atomic mass is 19.3. The van der Waals surface area contributed by atoms with Gasteiger partial charge in [-0.15, -0.1) is 0 Å². The van der Waals surface area contributed by atoms with Crippen molar-refractivity contribution in [3.63, 3.8) is 0 Å². The Bertz CT molecular complexity index is 1280. The number of carboxylic acid groups (broad SMARTS) is 1. The first-order valence-electron chi connectivity index (χ1n) is 11.4. The van der Waals surface area contributed by atoms with Gasteiger partial charge in [0, 0.05) is 17.5 Å². The lowest BCUT2D eigenvalue weighted by molar-refractivity contribution is -0.140. The molecule has 1 atom stereocenters. The summed E-state index contributed by atoms with van der Waals surface area (Å²) in [5.74, 6) is -3.74. The van der Waals surface area contributed by atoms with E-state index < -0.39 is 18.1 Å². The van der Waals surface area contributed by atoms with Crippen molar-refractivity contribution < 1.29 is 23.4 Å². The predicted molar refractivity (Wildman–Crippen MR) is 133 cm³/mol. The Morgan fingerprint density at radius 3 is 2.20 bits per heavy atom. The van der Waals surface area contributed by atoms with Crippen molar-refractivity contribution in [1.82, 2.24) is 4.90 Å². The van der Waals surface area contributed by atoms with E-state index in [0.29, 0.717) is 18.6 Å². The molecule has 0 spiro atoms. The highest BCUT2D eigenvalue weighted by Crippen LogP contribution is 2.37. The molecular formula is C29H27F2NO3.